The van der Waals surface area contributed by atoms with Gasteiger partial charge in [-0.3, -0.25) is 0 Å². The maximum atomic E-state index is 14.0. The van der Waals surface area contributed by atoms with Gasteiger partial charge in [0.15, 0.2) is 0 Å². The molecule has 4 nitrogen and oxygen atoms in total. The normalized spacial score (nSPS) is 17.5. The number of carbonyl (C=O) groups is 1. The quantitative estimate of drug-likeness (QED) is 0.843. The van der Waals surface area contributed by atoms with Crippen LogP contribution in [0.1, 0.15) is 17.2 Å². The van der Waals surface area contributed by atoms with Gasteiger partial charge in [-0.05, 0) is 48.9 Å². The lowest BCUT2D eigenvalue weighted by atomic mass is 10.1. The number of nitrogens with one attached hydrogen (secondary N) is 1. The highest BCUT2D eigenvalue weighted by Crippen LogP contribution is 2.36. The van der Waals surface area contributed by atoms with Crippen LogP contribution < -0.4 is 10.1 Å². The minimum Gasteiger partial charge on any atom is -0.497 e. The third-order valence-corrected chi connectivity index (χ3v) is 5.59. The molecule has 1 aliphatic rings. The number of anilines is 1. The second-order valence-electron chi connectivity index (χ2n) is 5.96. The lowest BCUT2D eigenvalue weighted by Crippen LogP contribution is -2.36. The van der Waals surface area contributed by atoms with Crippen molar-refractivity contribution < 1.29 is 18.3 Å². The number of benzene rings is 2. The molecule has 1 aliphatic heterocycles. The lowest BCUT2D eigenvalue weighted by Gasteiger charge is -2.21. The van der Waals surface area contributed by atoms with E-state index < -0.39 is 11.6 Å². The van der Waals surface area contributed by atoms with Crippen molar-refractivity contribution in [1.29, 1.82) is 0 Å². The third kappa shape index (κ3) is 4.46. The van der Waals surface area contributed by atoms with Gasteiger partial charge in [-0.1, -0.05) is 0 Å². The van der Waals surface area contributed by atoms with E-state index in [4.69, 9.17) is 4.74 Å². The van der Waals surface area contributed by atoms with E-state index in [2.05, 4.69) is 5.32 Å². The Morgan fingerprint density at radius 3 is 2.69 bits per heavy atom. The second-order valence-corrected chi connectivity index (χ2v) is 7.27. The molecule has 7 heteroatoms. The van der Waals surface area contributed by atoms with E-state index in [-0.39, 0.29) is 11.3 Å². The van der Waals surface area contributed by atoms with E-state index in [0.29, 0.717) is 42.3 Å². The van der Waals surface area contributed by atoms with Crippen LogP contribution in [0.2, 0.25) is 0 Å². The molecule has 2 aromatic rings. The molecular weight excluding hydrogens is 358 g/mol. The first kappa shape index (κ1) is 18.5. The highest BCUT2D eigenvalue weighted by Gasteiger charge is 2.24. The van der Waals surface area contributed by atoms with E-state index in [1.54, 1.807) is 48.0 Å². The summed E-state index contributed by atoms with van der Waals surface area (Å²) in [6.07, 6.45) is 0.571. The zero-order valence-electron chi connectivity index (χ0n) is 14.4. The number of hydrogen-bond donors (Lipinski definition) is 1. The van der Waals surface area contributed by atoms with Crippen molar-refractivity contribution in [3.05, 3.63) is 59.7 Å². The molecule has 26 heavy (non-hydrogen) atoms. The first-order valence-electron chi connectivity index (χ1n) is 8.33. The number of ether oxygens (including phenoxy) is 1. The predicted molar refractivity (Wildman–Crippen MR) is 99.8 cm³/mol. The Hall–Kier alpha value is -2.28. The Labute approximate surface area is 155 Å². The van der Waals surface area contributed by atoms with Crippen LogP contribution >= 0.6 is 11.8 Å². The van der Waals surface area contributed by atoms with Crippen LogP contribution in [0, 0.1) is 11.6 Å². The van der Waals surface area contributed by atoms with Crippen molar-refractivity contribution in [2.45, 2.75) is 11.7 Å². The maximum absolute atomic E-state index is 14.0. The van der Waals surface area contributed by atoms with Crippen molar-refractivity contribution in [3.63, 3.8) is 0 Å². The van der Waals surface area contributed by atoms with E-state index in [1.807, 2.05) is 0 Å². The molecule has 0 saturated carbocycles. The molecule has 0 spiro atoms. The van der Waals surface area contributed by atoms with Crippen LogP contribution in [0.3, 0.4) is 0 Å². The Morgan fingerprint density at radius 1 is 1.19 bits per heavy atom. The predicted octanol–water partition coefficient (Wildman–Crippen LogP) is 4.69. The molecule has 1 saturated heterocycles. The van der Waals surface area contributed by atoms with Crippen LogP contribution in [0.4, 0.5) is 19.3 Å². The van der Waals surface area contributed by atoms with E-state index in [9.17, 15) is 13.6 Å². The third-order valence-electron chi connectivity index (χ3n) is 4.27. The number of thioether (sulfide) groups is 1. The fraction of sp³-hybridized carbons (Fsp3) is 0.316. The topological polar surface area (TPSA) is 41.6 Å². The number of rotatable bonds is 3. The minimum absolute atomic E-state index is 0.163. The van der Waals surface area contributed by atoms with Gasteiger partial charge < -0.3 is 15.0 Å². The molecule has 2 amide bonds. The number of methoxy groups -OCH3 is 1. The Bertz CT molecular complexity index is 771. The van der Waals surface area contributed by atoms with Crippen LogP contribution in [0.25, 0.3) is 0 Å². The van der Waals surface area contributed by atoms with Crippen molar-refractivity contribution >= 4 is 23.5 Å². The molecule has 138 valence electrons. The summed E-state index contributed by atoms with van der Waals surface area (Å²) in [6.45, 7) is 1.04. The summed E-state index contributed by atoms with van der Waals surface area (Å²) in [5.74, 6) is 0.533. The summed E-state index contributed by atoms with van der Waals surface area (Å²) in [6, 6.07) is 10.4. The molecule has 0 bridgehead atoms. The van der Waals surface area contributed by atoms with Crippen molar-refractivity contribution in [2.24, 2.45) is 0 Å². The fourth-order valence-corrected chi connectivity index (χ4v) is 4.10. The molecule has 0 aromatic heterocycles. The second kappa shape index (κ2) is 8.40. The largest absolute Gasteiger partial charge is 0.497 e. The first-order chi connectivity index (χ1) is 12.6. The zero-order chi connectivity index (χ0) is 18.5. The summed E-state index contributed by atoms with van der Waals surface area (Å²) in [7, 11) is 1.58. The molecule has 2 aromatic carbocycles. The number of nitrogens with zero attached hydrogens (tertiary/aromatic N) is 1. The van der Waals surface area contributed by atoms with Gasteiger partial charge in [-0.15, -0.1) is 0 Å². The van der Waals surface area contributed by atoms with Crippen molar-refractivity contribution in [3.8, 4) is 5.75 Å². The molecule has 1 unspecified atom stereocenters. The van der Waals surface area contributed by atoms with Crippen molar-refractivity contribution in [1.82, 2.24) is 4.90 Å². The maximum Gasteiger partial charge on any atom is 0.321 e. The molecule has 1 atom stereocenters. The molecule has 0 radical (unpaired) electrons. The highest BCUT2D eigenvalue weighted by molar-refractivity contribution is 7.99. The van der Waals surface area contributed by atoms with Gasteiger partial charge in [-0.2, -0.15) is 11.8 Å². The smallest absolute Gasteiger partial charge is 0.321 e. The van der Waals surface area contributed by atoms with E-state index in [0.717, 1.165) is 12.1 Å². The molecule has 0 aliphatic carbocycles. The number of amides is 2. The monoisotopic (exact) mass is 378 g/mol. The van der Waals surface area contributed by atoms with E-state index in [1.165, 1.54) is 6.07 Å². The van der Waals surface area contributed by atoms with Crippen LogP contribution in [0.5, 0.6) is 5.75 Å². The summed E-state index contributed by atoms with van der Waals surface area (Å²) in [4.78, 5) is 14.2. The summed E-state index contributed by atoms with van der Waals surface area (Å²) < 4.78 is 32.5. The van der Waals surface area contributed by atoms with Gasteiger partial charge in [0.25, 0.3) is 0 Å². The van der Waals surface area contributed by atoms with E-state index >= 15 is 0 Å². The van der Waals surface area contributed by atoms with Crippen LogP contribution in [0.15, 0.2) is 42.5 Å². The number of hydrogen-bond acceptors (Lipinski definition) is 3. The average molecular weight is 378 g/mol. The van der Waals surface area contributed by atoms with Gasteiger partial charge in [0.05, 0.1) is 7.11 Å². The molecule has 3 rings (SSSR count). The van der Waals surface area contributed by atoms with Crippen LogP contribution in [-0.2, 0) is 0 Å². The number of urea groups is 1. The molecule has 1 N–H and O–H groups in total. The highest BCUT2D eigenvalue weighted by atomic mass is 32.2. The first-order valence-corrected chi connectivity index (χ1v) is 9.38. The van der Waals surface area contributed by atoms with Crippen molar-refractivity contribution in [2.75, 3.05) is 31.3 Å². The van der Waals surface area contributed by atoms with Crippen LogP contribution in [-0.4, -0.2) is 36.9 Å². The summed E-state index contributed by atoms with van der Waals surface area (Å²) >= 11 is 1.55. The van der Waals surface area contributed by atoms with Gasteiger partial charge in [0, 0.05) is 35.3 Å². The SMILES string of the molecule is COc1ccc(NC(=O)N2CCSC(c3cc(F)ccc3F)CC2)cc1. The lowest BCUT2D eigenvalue weighted by molar-refractivity contribution is 0.215. The van der Waals surface area contributed by atoms with Gasteiger partial charge in [0.2, 0.25) is 0 Å². The fourth-order valence-electron chi connectivity index (χ4n) is 2.86. The van der Waals surface area contributed by atoms with Gasteiger partial charge in [-0.25, -0.2) is 13.6 Å². The Morgan fingerprint density at radius 2 is 1.96 bits per heavy atom. The Balaban J connectivity index is 1.62. The summed E-state index contributed by atoms with van der Waals surface area (Å²) in [5.41, 5.74) is 1.05. The number of halogens is 2. The number of carbonyl (C=O) groups excluding carboxylic acids is 1. The van der Waals surface area contributed by atoms with Gasteiger partial charge in [0.1, 0.15) is 17.4 Å². The Kier molecular flexibility index (Phi) is 5.98. The molecular formula is C19H20F2N2O2S. The van der Waals surface area contributed by atoms with Gasteiger partial charge >= 0.3 is 6.03 Å². The molecule has 1 heterocycles. The minimum atomic E-state index is -0.444. The average Bonchev–Trinajstić information content (AvgIpc) is 2.90. The molecule has 1 fully saturated rings. The standard InChI is InChI=1S/C19H20F2N2O2S/c1-25-15-5-3-14(4-6-15)22-19(24)23-9-8-18(26-11-10-23)16-12-13(20)2-7-17(16)21/h2-7,12,18H,8-11H2,1H3,(H,22,24). The summed E-state index contributed by atoms with van der Waals surface area (Å²) in [5, 5.41) is 2.69. The zero-order valence-corrected chi connectivity index (χ0v) is 15.2.